The van der Waals surface area contributed by atoms with Crippen molar-refractivity contribution in [2.45, 2.75) is 32.3 Å². The van der Waals surface area contributed by atoms with Gasteiger partial charge in [-0.15, -0.1) is 0 Å². The van der Waals surface area contributed by atoms with E-state index in [0.29, 0.717) is 23.7 Å². The van der Waals surface area contributed by atoms with E-state index >= 15 is 0 Å². The van der Waals surface area contributed by atoms with Crippen molar-refractivity contribution in [2.75, 3.05) is 19.7 Å². The molecule has 1 amide bonds. The molecule has 1 atom stereocenters. The third-order valence-corrected chi connectivity index (χ3v) is 4.16. The average molecular weight is 326 g/mol. The molecule has 1 aromatic carbocycles. The van der Waals surface area contributed by atoms with Gasteiger partial charge in [0.15, 0.2) is 0 Å². The van der Waals surface area contributed by atoms with Gasteiger partial charge in [-0.2, -0.15) is 0 Å². The maximum absolute atomic E-state index is 12.6. The summed E-state index contributed by atoms with van der Waals surface area (Å²) >= 11 is 5.98. The molecule has 0 aliphatic carbocycles. The zero-order valence-electron chi connectivity index (χ0n) is 12.5. The predicted molar refractivity (Wildman–Crippen MR) is 83.3 cm³/mol. The van der Waals surface area contributed by atoms with Gasteiger partial charge in [-0.1, -0.05) is 11.6 Å². The molecular weight excluding hydrogens is 306 g/mol. The molecule has 1 N–H and O–H groups in total. The van der Waals surface area contributed by atoms with Crippen molar-refractivity contribution < 1.29 is 19.4 Å². The number of amides is 1. The molecule has 0 aromatic heterocycles. The van der Waals surface area contributed by atoms with Gasteiger partial charge in [0.2, 0.25) is 0 Å². The van der Waals surface area contributed by atoms with Crippen LogP contribution in [-0.4, -0.2) is 47.7 Å². The smallest absolute Gasteiger partial charge is 0.305 e. The highest BCUT2D eigenvalue weighted by molar-refractivity contribution is 6.31. The topological polar surface area (TPSA) is 66.8 Å². The molecule has 1 aliphatic heterocycles. The molecule has 0 bridgehead atoms. The second kappa shape index (κ2) is 7.61. The standard InChI is InChI=1S/C16H20ClNO4/c1-11-9-12(4-5-14(11)17)16(21)18(7-6-15(19)20)10-13-3-2-8-22-13/h4-5,9,13H,2-3,6-8,10H2,1H3,(H,19,20). The van der Waals surface area contributed by atoms with Gasteiger partial charge < -0.3 is 14.7 Å². The zero-order chi connectivity index (χ0) is 16.1. The Kier molecular flexibility index (Phi) is 5.80. The van der Waals surface area contributed by atoms with Gasteiger partial charge >= 0.3 is 5.97 Å². The first-order valence-corrected chi connectivity index (χ1v) is 7.74. The van der Waals surface area contributed by atoms with Crippen molar-refractivity contribution in [3.63, 3.8) is 0 Å². The number of hydrogen-bond donors (Lipinski definition) is 1. The second-order valence-electron chi connectivity index (χ2n) is 5.49. The molecule has 1 heterocycles. The van der Waals surface area contributed by atoms with Crippen LogP contribution in [0.4, 0.5) is 0 Å². The number of rotatable bonds is 6. The van der Waals surface area contributed by atoms with Gasteiger partial charge in [0.25, 0.3) is 5.91 Å². The Morgan fingerprint density at radius 3 is 2.82 bits per heavy atom. The van der Waals surface area contributed by atoms with Crippen LogP contribution in [-0.2, 0) is 9.53 Å². The van der Waals surface area contributed by atoms with Crippen LogP contribution >= 0.6 is 11.6 Å². The maximum atomic E-state index is 12.6. The largest absolute Gasteiger partial charge is 0.481 e. The number of carbonyl (C=O) groups is 2. The first-order valence-electron chi connectivity index (χ1n) is 7.36. The lowest BCUT2D eigenvalue weighted by Crippen LogP contribution is -2.38. The Balaban J connectivity index is 2.12. The monoisotopic (exact) mass is 325 g/mol. The van der Waals surface area contributed by atoms with Crippen LogP contribution in [0.5, 0.6) is 0 Å². The van der Waals surface area contributed by atoms with E-state index in [4.69, 9.17) is 21.4 Å². The fraction of sp³-hybridized carbons (Fsp3) is 0.500. The van der Waals surface area contributed by atoms with Gasteiger partial charge in [-0.05, 0) is 43.5 Å². The fourth-order valence-electron chi connectivity index (χ4n) is 2.50. The van der Waals surface area contributed by atoms with E-state index in [1.807, 2.05) is 6.92 Å². The Labute approximate surface area is 134 Å². The van der Waals surface area contributed by atoms with Gasteiger partial charge in [0, 0.05) is 30.3 Å². The number of carbonyl (C=O) groups excluding carboxylic acids is 1. The molecule has 1 aliphatic rings. The van der Waals surface area contributed by atoms with Crippen LogP contribution < -0.4 is 0 Å². The molecule has 1 aromatic rings. The number of ether oxygens (including phenoxy) is 1. The third-order valence-electron chi connectivity index (χ3n) is 3.74. The number of benzene rings is 1. The minimum Gasteiger partial charge on any atom is -0.481 e. The van der Waals surface area contributed by atoms with Crippen molar-refractivity contribution in [3.05, 3.63) is 34.3 Å². The summed E-state index contributed by atoms with van der Waals surface area (Å²) in [4.78, 5) is 25.0. The van der Waals surface area contributed by atoms with Crippen molar-refractivity contribution in [3.8, 4) is 0 Å². The van der Waals surface area contributed by atoms with Crippen LogP contribution in [0.1, 0.15) is 35.2 Å². The molecule has 0 spiro atoms. The Bertz CT molecular complexity index is 555. The van der Waals surface area contributed by atoms with Gasteiger partial charge in [0.05, 0.1) is 12.5 Å². The number of carboxylic acids is 1. The zero-order valence-corrected chi connectivity index (χ0v) is 13.3. The minimum atomic E-state index is -0.919. The minimum absolute atomic E-state index is 0.00820. The Morgan fingerprint density at radius 1 is 1.45 bits per heavy atom. The van der Waals surface area contributed by atoms with Crippen LogP contribution in [0.15, 0.2) is 18.2 Å². The molecule has 5 nitrogen and oxygen atoms in total. The molecule has 2 rings (SSSR count). The summed E-state index contributed by atoms with van der Waals surface area (Å²) in [6.45, 7) is 3.13. The molecule has 0 saturated carbocycles. The van der Waals surface area contributed by atoms with E-state index in [1.165, 1.54) is 0 Å². The highest BCUT2D eigenvalue weighted by Crippen LogP contribution is 2.19. The number of aliphatic carboxylic acids is 1. The number of carboxylic acid groups (broad SMARTS) is 1. The summed E-state index contributed by atoms with van der Waals surface area (Å²) < 4.78 is 5.56. The second-order valence-corrected chi connectivity index (χ2v) is 5.90. The number of hydrogen-bond acceptors (Lipinski definition) is 3. The first-order chi connectivity index (χ1) is 10.5. The van der Waals surface area contributed by atoms with E-state index in [1.54, 1.807) is 23.1 Å². The van der Waals surface area contributed by atoms with Crippen molar-refractivity contribution in [1.82, 2.24) is 4.90 Å². The molecule has 0 radical (unpaired) electrons. The molecule has 1 unspecified atom stereocenters. The van der Waals surface area contributed by atoms with E-state index in [2.05, 4.69) is 0 Å². The molecule has 22 heavy (non-hydrogen) atoms. The van der Waals surface area contributed by atoms with Crippen LogP contribution in [0, 0.1) is 6.92 Å². The summed E-state index contributed by atoms with van der Waals surface area (Å²) in [5.74, 6) is -1.10. The normalized spacial score (nSPS) is 17.5. The van der Waals surface area contributed by atoms with Gasteiger partial charge in [0.1, 0.15) is 0 Å². The molecule has 120 valence electrons. The summed E-state index contributed by atoms with van der Waals surface area (Å²) in [6, 6.07) is 5.08. The lowest BCUT2D eigenvalue weighted by atomic mass is 10.1. The number of halogens is 1. The van der Waals surface area contributed by atoms with Crippen LogP contribution in [0.3, 0.4) is 0 Å². The SMILES string of the molecule is Cc1cc(C(=O)N(CCC(=O)O)CC2CCCO2)ccc1Cl. The molecular formula is C16H20ClNO4. The summed E-state index contributed by atoms with van der Waals surface area (Å²) in [7, 11) is 0. The molecule has 6 heteroatoms. The van der Waals surface area contributed by atoms with Gasteiger partial charge in [-0.25, -0.2) is 0 Å². The van der Waals surface area contributed by atoms with E-state index in [9.17, 15) is 9.59 Å². The van der Waals surface area contributed by atoms with Gasteiger partial charge in [-0.3, -0.25) is 9.59 Å². The number of aryl methyl sites for hydroxylation is 1. The highest BCUT2D eigenvalue weighted by atomic mass is 35.5. The average Bonchev–Trinajstić information content (AvgIpc) is 2.98. The van der Waals surface area contributed by atoms with Crippen molar-refractivity contribution in [2.24, 2.45) is 0 Å². The van der Waals surface area contributed by atoms with E-state index in [0.717, 1.165) is 18.4 Å². The summed E-state index contributed by atoms with van der Waals surface area (Å²) in [5.41, 5.74) is 1.34. The first kappa shape index (κ1) is 16.8. The maximum Gasteiger partial charge on any atom is 0.305 e. The quantitative estimate of drug-likeness (QED) is 0.873. The fourth-order valence-corrected chi connectivity index (χ4v) is 2.62. The van der Waals surface area contributed by atoms with E-state index < -0.39 is 5.97 Å². The van der Waals surface area contributed by atoms with E-state index in [-0.39, 0.29) is 25.0 Å². The van der Waals surface area contributed by atoms with Crippen LogP contribution in [0.2, 0.25) is 5.02 Å². The Hall–Kier alpha value is -1.59. The predicted octanol–water partition coefficient (Wildman–Crippen LogP) is 2.74. The van der Waals surface area contributed by atoms with Crippen molar-refractivity contribution >= 4 is 23.5 Å². The molecule has 1 saturated heterocycles. The van der Waals surface area contributed by atoms with Crippen molar-refractivity contribution in [1.29, 1.82) is 0 Å². The summed E-state index contributed by atoms with van der Waals surface area (Å²) in [5, 5.41) is 9.47. The lowest BCUT2D eigenvalue weighted by molar-refractivity contribution is -0.137. The van der Waals surface area contributed by atoms with Crippen LogP contribution in [0.25, 0.3) is 0 Å². The Morgan fingerprint density at radius 2 is 2.23 bits per heavy atom. The lowest BCUT2D eigenvalue weighted by Gasteiger charge is -2.25. The third kappa shape index (κ3) is 4.45. The highest BCUT2D eigenvalue weighted by Gasteiger charge is 2.24. The molecule has 1 fully saturated rings. The number of nitrogens with zero attached hydrogens (tertiary/aromatic N) is 1. The summed E-state index contributed by atoms with van der Waals surface area (Å²) in [6.07, 6.45) is 1.79.